The fourth-order valence-corrected chi connectivity index (χ4v) is 5.25. The average molecular weight is 598 g/mol. The van der Waals surface area contributed by atoms with Crippen LogP contribution in [0, 0.1) is 11.6 Å². The number of hydrogen-bond donors (Lipinski definition) is 1. The second-order valence-corrected chi connectivity index (χ2v) is 12.3. The topological polar surface area (TPSA) is 67.9 Å². The molecule has 0 aromatic heterocycles. The molecule has 2 aliphatic heterocycles. The number of carbonyl (C=O) groups excluding carboxylic acids is 2. The van der Waals surface area contributed by atoms with Crippen LogP contribution >= 0.6 is 0 Å². The fraction of sp³-hybridized carbons (Fsp3) is 0.314. The van der Waals surface area contributed by atoms with Crippen molar-refractivity contribution >= 4 is 31.1 Å². The van der Waals surface area contributed by atoms with Gasteiger partial charge in [-0.25, -0.2) is 13.6 Å². The minimum Gasteiger partial charge on any atom is -0.402 e. The third-order valence-corrected chi connectivity index (χ3v) is 8.51. The smallest absolute Gasteiger partial charge is 0.402 e. The Kier molecular flexibility index (Phi) is 9.18. The summed E-state index contributed by atoms with van der Waals surface area (Å²) < 4.78 is 39.8. The lowest BCUT2D eigenvalue weighted by atomic mass is 9.75. The molecule has 2 amide bonds. The van der Waals surface area contributed by atoms with Crippen LogP contribution in [0.25, 0.3) is 12.2 Å². The molecule has 3 aromatic carbocycles. The van der Waals surface area contributed by atoms with Gasteiger partial charge in [-0.15, -0.1) is 0 Å². The van der Waals surface area contributed by atoms with Crippen molar-refractivity contribution in [3.63, 3.8) is 0 Å². The normalized spacial score (nSPS) is 20.3. The first-order chi connectivity index (χ1) is 20.9. The quantitative estimate of drug-likeness (QED) is 0.244. The summed E-state index contributed by atoms with van der Waals surface area (Å²) in [5.74, 6) is -1.47. The van der Waals surface area contributed by atoms with Crippen LogP contribution in [0.1, 0.15) is 50.8 Å². The molecule has 5 rings (SSSR count). The van der Waals surface area contributed by atoms with E-state index < -0.39 is 24.3 Å². The highest BCUT2D eigenvalue weighted by atomic mass is 19.1. The van der Waals surface area contributed by atoms with Crippen molar-refractivity contribution < 1.29 is 27.7 Å². The van der Waals surface area contributed by atoms with Crippen LogP contribution in [-0.2, 0) is 20.5 Å². The molecule has 2 heterocycles. The average Bonchev–Trinajstić information content (AvgIpc) is 3.21. The second kappa shape index (κ2) is 12.9. The summed E-state index contributed by atoms with van der Waals surface area (Å²) in [5, 5.41) is 3.15. The molecule has 2 aliphatic rings. The van der Waals surface area contributed by atoms with Gasteiger partial charge in [0, 0.05) is 11.1 Å². The number of piperidine rings is 1. The predicted octanol–water partition coefficient (Wildman–Crippen LogP) is 6.66. The number of aryl methyl sites for hydroxylation is 1. The van der Waals surface area contributed by atoms with Gasteiger partial charge >= 0.3 is 13.1 Å². The molecule has 0 aliphatic carbocycles. The standard InChI is InChI=1S/C35H37BF2N2O4/c1-34(2)35(3,4)44-36(43-34)31(19-14-24-8-6-5-7-9-24)39-33(42)40-22-27(20-25-10-15-29(37)16-11-25)32(41)28(23-40)21-26-12-17-30(38)18-13-26/h5-13,15-18,20-21,31H,14,19,22-23H2,1-4H3,(H,39,42)/b27-20+,28-21+/t31-/m0/s1. The molecule has 0 unspecified atom stereocenters. The largest absolute Gasteiger partial charge is 0.481 e. The zero-order chi connectivity index (χ0) is 31.5. The van der Waals surface area contributed by atoms with Crippen LogP contribution in [0.5, 0.6) is 0 Å². The van der Waals surface area contributed by atoms with Gasteiger partial charge in [0.05, 0.1) is 30.2 Å². The number of benzene rings is 3. The van der Waals surface area contributed by atoms with Crippen molar-refractivity contribution in [2.24, 2.45) is 0 Å². The fourth-order valence-electron chi connectivity index (χ4n) is 5.25. The maximum Gasteiger partial charge on any atom is 0.481 e. The Labute approximate surface area is 257 Å². The Morgan fingerprint density at radius 3 is 1.80 bits per heavy atom. The number of halogens is 2. The molecule has 3 aromatic rings. The third-order valence-electron chi connectivity index (χ3n) is 8.51. The Bertz CT molecular complexity index is 1470. The molecular formula is C35H37BF2N2O4. The predicted molar refractivity (Wildman–Crippen MR) is 168 cm³/mol. The van der Waals surface area contributed by atoms with Gasteiger partial charge in [-0.1, -0.05) is 54.6 Å². The van der Waals surface area contributed by atoms with Crippen molar-refractivity contribution in [2.75, 3.05) is 13.1 Å². The molecule has 2 fully saturated rings. The molecule has 0 saturated carbocycles. The summed E-state index contributed by atoms with van der Waals surface area (Å²) in [6, 6.07) is 21.2. The van der Waals surface area contributed by atoms with Gasteiger partial charge in [-0.05, 0) is 93.6 Å². The number of urea groups is 1. The third kappa shape index (κ3) is 7.34. The molecule has 0 bridgehead atoms. The van der Waals surface area contributed by atoms with Crippen LogP contribution in [0.4, 0.5) is 13.6 Å². The number of amides is 2. The highest BCUT2D eigenvalue weighted by molar-refractivity contribution is 6.48. The summed E-state index contributed by atoms with van der Waals surface area (Å²) in [7, 11) is -0.678. The molecule has 1 atom stereocenters. The summed E-state index contributed by atoms with van der Waals surface area (Å²) >= 11 is 0. The molecule has 0 spiro atoms. The lowest BCUT2D eigenvalue weighted by Crippen LogP contribution is -2.54. The Morgan fingerprint density at radius 1 is 0.841 bits per heavy atom. The number of Topliss-reactive ketones (excluding diaryl/α,β-unsaturated/α-hetero) is 1. The van der Waals surface area contributed by atoms with Crippen molar-refractivity contribution in [1.82, 2.24) is 10.2 Å². The molecule has 228 valence electrons. The Hall–Kier alpha value is -4.08. The number of ketones is 1. The lowest BCUT2D eigenvalue weighted by Gasteiger charge is -2.32. The van der Waals surface area contributed by atoms with Crippen molar-refractivity contribution in [3.8, 4) is 0 Å². The van der Waals surface area contributed by atoms with E-state index in [0.717, 1.165) is 5.56 Å². The van der Waals surface area contributed by atoms with Crippen LogP contribution in [0.2, 0.25) is 0 Å². The lowest BCUT2D eigenvalue weighted by molar-refractivity contribution is -0.113. The van der Waals surface area contributed by atoms with Crippen molar-refractivity contribution in [2.45, 2.75) is 57.7 Å². The van der Waals surface area contributed by atoms with Crippen LogP contribution in [0.3, 0.4) is 0 Å². The number of hydrogen-bond acceptors (Lipinski definition) is 4. The maximum atomic E-state index is 13.9. The maximum absolute atomic E-state index is 13.9. The molecule has 44 heavy (non-hydrogen) atoms. The van der Waals surface area contributed by atoms with E-state index >= 15 is 0 Å². The highest BCUT2D eigenvalue weighted by Crippen LogP contribution is 2.38. The second-order valence-electron chi connectivity index (χ2n) is 12.3. The first kappa shape index (κ1) is 31.4. The molecule has 0 radical (unpaired) electrons. The zero-order valence-electron chi connectivity index (χ0n) is 25.5. The van der Waals surface area contributed by atoms with E-state index in [1.165, 1.54) is 24.3 Å². The summed E-state index contributed by atoms with van der Waals surface area (Å²) in [6.45, 7) is 7.99. The van der Waals surface area contributed by atoms with Gasteiger partial charge in [0.15, 0.2) is 5.78 Å². The van der Waals surface area contributed by atoms with E-state index in [-0.39, 0.29) is 36.5 Å². The van der Waals surface area contributed by atoms with E-state index in [1.807, 2.05) is 58.0 Å². The molecule has 1 N–H and O–H groups in total. The highest BCUT2D eigenvalue weighted by Gasteiger charge is 2.54. The first-order valence-electron chi connectivity index (χ1n) is 14.8. The SMILES string of the molecule is CC1(C)OB([C@H](CCc2ccccc2)NC(=O)N2C/C(=C\c3ccc(F)cc3)C(=O)/C(=C/c3ccc(F)cc3)C2)OC1(C)C. The summed E-state index contributed by atoms with van der Waals surface area (Å²) in [4.78, 5) is 29.1. The van der Waals surface area contributed by atoms with Gasteiger partial charge < -0.3 is 19.5 Å². The number of carbonyl (C=O) groups is 2. The monoisotopic (exact) mass is 598 g/mol. The Balaban J connectivity index is 1.42. The molecule has 9 heteroatoms. The van der Waals surface area contributed by atoms with Gasteiger partial charge in [0.25, 0.3) is 0 Å². The van der Waals surface area contributed by atoms with Crippen LogP contribution in [-0.4, -0.2) is 54.1 Å². The van der Waals surface area contributed by atoms with E-state index in [2.05, 4.69) is 5.32 Å². The minimum atomic E-state index is -0.678. The van der Waals surface area contributed by atoms with E-state index in [1.54, 1.807) is 41.3 Å². The van der Waals surface area contributed by atoms with E-state index in [0.29, 0.717) is 35.1 Å². The van der Waals surface area contributed by atoms with E-state index in [9.17, 15) is 18.4 Å². The van der Waals surface area contributed by atoms with Gasteiger partial charge in [0.1, 0.15) is 11.6 Å². The van der Waals surface area contributed by atoms with Gasteiger partial charge in [0.2, 0.25) is 0 Å². The molecule has 6 nitrogen and oxygen atoms in total. The summed E-state index contributed by atoms with van der Waals surface area (Å²) in [5.41, 5.74) is 1.99. The summed E-state index contributed by atoms with van der Waals surface area (Å²) in [6.07, 6.45) is 4.59. The first-order valence-corrected chi connectivity index (χ1v) is 14.8. The zero-order valence-corrected chi connectivity index (χ0v) is 25.5. The van der Waals surface area contributed by atoms with Crippen LogP contribution < -0.4 is 5.32 Å². The molecular weight excluding hydrogens is 561 g/mol. The minimum absolute atomic E-state index is 0.0531. The van der Waals surface area contributed by atoms with Crippen molar-refractivity contribution in [1.29, 1.82) is 0 Å². The Morgan fingerprint density at radius 2 is 1.32 bits per heavy atom. The van der Waals surface area contributed by atoms with Gasteiger partial charge in [-0.3, -0.25) is 4.79 Å². The molecule has 2 saturated heterocycles. The number of nitrogens with one attached hydrogen (secondary N) is 1. The number of rotatable bonds is 7. The van der Waals surface area contributed by atoms with Crippen LogP contribution in [0.15, 0.2) is 90.0 Å². The number of nitrogens with zero attached hydrogens (tertiary/aromatic N) is 1. The van der Waals surface area contributed by atoms with Gasteiger partial charge in [-0.2, -0.15) is 0 Å². The van der Waals surface area contributed by atoms with E-state index in [4.69, 9.17) is 9.31 Å². The number of likely N-dealkylation sites (tertiary alicyclic amines) is 1. The van der Waals surface area contributed by atoms with Crippen molar-refractivity contribution in [3.05, 3.63) is 118 Å².